The summed E-state index contributed by atoms with van der Waals surface area (Å²) in [5, 5.41) is 19.9. The molecule has 1 aromatic carbocycles. The number of hydrogen-bond donors (Lipinski definition) is 1. The molecule has 0 spiro atoms. The zero-order valence-corrected chi connectivity index (χ0v) is 16.0. The van der Waals surface area contributed by atoms with Gasteiger partial charge in [0.05, 0.1) is 15.4 Å². The Morgan fingerprint density at radius 3 is 2.79 bits per heavy atom. The van der Waals surface area contributed by atoms with Crippen LogP contribution in [-0.2, 0) is 9.59 Å². The van der Waals surface area contributed by atoms with E-state index in [2.05, 4.69) is 0 Å². The number of nitro groups is 1. The number of carboxylic acids is 1. The van der Waals surface area contributed by atoms with Crippen molar-refractivity contribution in [2.75, 3.05) is 6.54 Å². The first-order valence-corrected chi connectivity index (χ1v) is 9.40. The van der Waals surface area contributed by atoms with Crippen molar-refractivity contribution in [3.8, 4) is 11.3 Å². The van der Waals surface area contributed by atoms with E-state index < -0.39 is 10.9 Å². The minimum absolute atomic E-state index is 0.0481. The number of carboxylic acid groups (broad SMARTS) is 1. The van der Waals surface area contributed by atoms with Gasteiger partial charge in [-0.15, -0.1) is 0 Å². The molecule has 0 bridgehead atoms. The van der Waals surface area contributed by atoms with Gasteiger partial charge in [0.1, 0.15) is 15.8 Å². The zero-order valence-electron chi connectivity index (χ0n) is 14.4. The number of carbonyl (C=O) groups excluding carboxylic acids is 1. The minimum atomic E-state index is -0.931. The van der Waals surface area contributed by atoms with Gasteiger partial charge in [-0.2, -0.15) is 0 Å². The van der Waals surface area contributed by atoms with Gasteiger partial charge < -0.3 is 9.52 Å². The van der Waals surface area contributed by atoms with E-state index >= 15 is 0 Å². The highest BCUT2D eigenvalue weighted by atomic mass is 32.2. The molecule has 1 aromatic heterocycles. The van der Waals surface area contributed by atoms with Gasteiger partial charge in [-0.25, -0.2) is 0 Å². The second-order valence-electron chi connectivity index (χ2n) is 5.81. The van der Waals surface area contributed by atoms with E-state index in [1.165, 1.54) is 17.0 Å². The van der Waals surface area contributed by atoms with Crippen LogP contribution in [0, 0.1) is 10.1 Å². The van der Waals surface area contributed by atoms with Gasteiger partial charge in [0.15, 0.2) is 0 Å². The average Bonchev–Trinajstić information content (AvgIpc) is 3.21. The van der Waals surface area contributed by atoms with Crippen LogP contribution in [0.4, 0.5) is 5.69 Å². The quantitative estimate of drug-likeness (QED) is 0.311. The number of furan rings is 1. The fourth-order valence-corrected chi connectivity index (χ4v) is 3.92. The van der Waals surface area contributed by atoms with Crippen molar-refractivity contribution in [1.82, 2.24) is 4.90 Å². The Kier molecular flexibility index (Phi) is 5.90. The van der Waals surface area contributed by atoms with E-state index in [-0.39, 0.29) is 24.6 Å². The number of benzene rings is 1. The normalized spacial score (nSPS) is 15.4. The number of amides is 1. The zero-order chi connectivity index (χ0) is 20.3. The van der Waals surface area contributed by atoms with Gasteiger partial charge in [-0.1, -0.05) is 36.1 Å². The molecule has 0 radical (unpaired) electrons. The van der Waals surface area contributed by atoms with E-state index in [1.807, 2.05) is 0 Å². The molecule has 8 nitrogen and oxygen atoms in total. The number of carbonyl (C=O) groups is 2. The van der Waals surface area contributed by atoms with Crippen LogP contribution >= 0.6 is 24.0 Å². The van der Waals surface area contributed by atoms with Crippen molar-refractivity contribution in [3.63, 3.8) is 0 Å². The van der Waals surface area contributed by atoms with Crippen LogP contribution in [0.5, 0.6) is 0 Å². The second kappa shape index (κ2) is 8.36. The molecule has 0 aliphatic carbocycles. The summed E-state index contributed by atoms with van der Waals surface area (Å²) in [5.74, 6) is -0.571. The topological polar surface area (TPSA) is 114 Å². The Morgan fingerprint density at radius 2 is 2.07 bits per heavy atom. The molecule has 3 rings (SSSR count). The maximum atomic E-state index is 12.5. The standard InChI is InChI=1S/C18H14N2O6S2/c21-16(22)6-3-9-19-17(23)15(28-18(19)27)10-11-7-8-14(26-11)12-4-1-2-5-13(12)20(24)25/h1-2,4-5,7-8,10H,3,6,9H2,(H,21,22)/b15-10+. The number of thioether (sulfide) groups is 1. The molecule has 1 aliphatic rings. The van der Waals surface area contributed by atoms with Crippen molar-refractivity contribution >= 4 is 51.9 Å². The molecule has 10 heteroatoms. The lowest BCUT2D eigenvalue weighted by atomic mass is 10.1. The molecular formula is C18H14N2O6S2. The molecule has 0 saturated carbocycles. The van der Waals surface area contributed by atoms with Crippen LogP contribution in [0.1, 0.15) is 18.6 Å². The van der Waals surface area contributed by atoms with Gasteiger partial charge in [0.2, 0.25) is 0 Å². The first-order valence-electron chi connectivity index (χ1n) is 8.17. The highest BCUT2D eigenvalue weighted by Crippen LogP contribution is 2.35. The van der Waals surface area contributed by atoms with E-state index in [4.69, 9.17) is 21.7 Å². The second-order valence-corrected chi connectivity index (χ2v) is 7.48. The molecule has 1 aliphatic heterocycles. The lowest BCUT2D eigenvalue weighted by Gasteiger charge is -2.13. The van der Waals surface area contributed by atoms with Gasteiger partial charge >= 0.3 is 5.97 Å². The first kappa shape index (κ1) is 19.8. The van der Waals surface area contributed by atoms with Gasteiger partial charge in [-0.05, 0) is 24.6 Å². The Labute approximate surface area is 169 Å². The number of para-hydroxylation sites is 1. The summed E-state index contributed by atoms with van der Waals surface area (Å²) in [4.78, 5) is 35.5. The van der Waals surface area contributed by atoms with Gasteiger partial charge in [0.25, 0.3) is 11.6 Å². The van der Waals surface area contributed by atoms with Crippen molar-refractivity contribution in [2.45, 2.75) is 12.8 Å². The number of nitro benzene ring substituents is 1. The molecule has 0 atom stereocenters. The van der Waals surface area contributed by atoms with Crippen LogP contribution in [0.2, 0.25) is 0 Å². The van der Waals surface area contributed by atoms with Gasteiger partial charge in [-0.3, -0.25) is 24.6 Å². The van der Waals surface area contributed by atoms with Crippen molar-refractivity contribution in [2.24, 2.45) is 0 Å². The van der Waals surface area contributed by atoms with E-state index in [0.717, 1.165) is 11.8 Å². The van der Waals surface area contributed by atoms with Crippen LogP contribution in [-0.4, -0.2) is 37.7 Å². The summed E-state index contributed by atoms with van der Waals surface area (Å²) in [6.45, 7) is 0.230. The predicted octanol–water partition coefficient (Wildman–Crippen LogP) is 3.92. The van der Waals surface area contributed by atoms with E-state index in [1.54, 1.807) is 30.3 Å². The fraction of sp³-hybridized carbons (Fsp3) is 0.167. The van der Waals surface area contributed by atoms with Crippen molar-refractivity contribution < 1.29 is 24.0 Å². The fourth-order valence-electron chi connectivity index (χ4n) is 2.63. The molecular weight excluding hydrogens is 404 g/mol. The largest absolute Gasteiger partial charge is 0.481 e. The summed E-state index contributed by atoms with van der Waals surface area (Å²) in [7, 11) is 0. The number of hydrogen-bond acceptors (Lipinski definition) is 7. The van der Waals surface area contributed by atoms with Crippen LogP contribution in [0.3, 0.4) is 0 Å². The molecule has 1 saturated heterocycles. The van der Waals surface area contributed by atoms with E-state index in [0.29, 0.717) is 32.7 Å². The first-order chi connectivity index (χ1) is 13.4. The summed E-state index contributed by atoms with van der Waals surface area (Å²) in [6.07, 6.45) is 1.78. The summed E-state index contributed by atoms with van der Waals surface area (Å²) < 4.78 is 6.02. The average molecular weight is 418 g/mol. The van der Waals surface area contributed by atoms with Crippen LogP contribution < -0.4 is 0 Å². The monoisotopic (exact) mass is 418 g/mol. The SMILES string of the molecule is O=C(O)CCCN1C(=O)/C(=C\c2ccc(-c3ccccc3[N+](=O)[O-])o2)SC1=S. The molecule has 1 amide bonds. The third-order valence-electron chi connectivity index (χ3n) is 3.91. The predicted molar refractivity (Wildman–Crippen MR) is 108 cm³/mol. The number of rotatable bonds is 7. The van der Waals surface area contributed by atoms with Crippen molar-refractivity contribution in [3.05, 3.63) is 57.2 Å². The Morgan fingerprint density at radius 1 is 1.32 bits per heavy atom. The molecule has 2 heterocycles. The Bertz CT molecular complexity index is 997. The highest BCUT2D eigenvalue weighted by molar-refractivity contribution is 8.26. The Balaban J connectivity index is 1.79. The molecule has 28 heavy (non-hydrogen) atoms. The third kappa shape index (κ3) is 4.29. The number of aliphatic carboxylic acids is 1. The van der Waals surface area contributed by atoms with Gasteiger partial charge in [0, 0.05) is 25.1 Å². The summed E-state index contributed by atoms with van der Waals surface area (Å²) in [6, 6.07) is 9.43. The molecule has 2 aromatic rings. The smallest absolute Gasteiger partial charge is 0.303 e. The third-order valence-corrected chi connectivity index (χ3v) is 5.29. The molecule has 1 N–H and O–H groups in total. The highest BCUT2D eigenvalue weighted by Gasteiger charge is 2.32. The minimum Gasteiger partial charge on any atom is -0.481 e. The number of thiocarbonyl (C=S) groups is 1. The lowest BCUT2D eigenvalue weighted by Crippen LogP contribution is -2.29. The maximum Gasteiger partial charge on any atom is 0.303 e. The van der Waals surface area contributed by atoms with Crippen LogP contribution in [0.15, 0.2) is 45.7 Å². The summed E-state index contributed by atoms with van der Waals surface area (Å²) >= 11 is 6.29. The molecule has 0 unspecified atom stereocenters. The molecule has 144 valence electrons. The maximum absolute atomic E-state index is 12.5. The Hall–Kier alpha value is -2.98. The van der Waals surface area contributed by atoms with E-state index in [9.17, 15) is 19.7 Å². The van der Waals surface area contributed by atoms with Crippen LogP contribution in [0.25, 0.3) is 17.4 Å². The summed E-state index contributed by atoms with van der Waals surface area (Å²) in [5.41, 5.74) is 0.265. The van der Waals surface area contributed by atoms with Crippen molar-refractivity contribution in [1.29, 1.82) is 0 Å². The number of nitrogens with zero attached hydrogens (tertiary/aromatic N) is 2. The lowest BCUT2D eigenvalue weighted by molar-refractivity contribution is -0.384. The molecule has 1 fully saturated rings.